The Hall–Kier alpha value is -1.26. The molecule has 0 heterocycles. The van der Waals surface area contributed by atoms with Crippen LogP contribution < -0.4 is 5.32 Å². The first-order valence-electron chi connectivity index (χ1n) is 4.38. The van der Waals surface area contributed by atoms with Crippen molar-refractivity contribution in [2.24, 2.45) is 0 Å². The number of benzene rings is 1. The van der Waals surface area contributed by atoms with Gasteiger partial charge in [-0.25, -0.2) is 0 Å². The predicted octanol–water partition coefficient (Wildman–Crippen LogP) is 2.50. The van der Waals surface area contributed by atoms with E-state index in [0.717, 1.165) is 0 Å². The number of rotatable bonds is 3. The number of hydrogen-bond donors (Lipinski definition) is 1. The predicted molar refractivity (Wildman–Crippen MR) is 61.7 cm³/mol. The second kappa shape index (κ2) is 5.72. The third kappa shape index (κ3) is 3.72. The minimum Gasteiger partial charge on any atom is -0.456 e. The molecule has 0 radical (unpaired) electrons. The first kappa shape index (κ1) is 12.8. The van der Waals surface area contributed by atoms with Gasteiger partial charge < -0.3 is 10.1 Å². The second-order valence-electron chi connectivity index (χ2n) is 2.93. The number of halogens is 2. The zero-order chi connectivity index (χ0) is 12.1. The number of amides is 1. The van der Waals surface area contributed by atoms with Crippen molar-refractivity contribution >= 4 is 40.8 Å². The molecule has 1 N–H and O–H groups in total. The average molecular weight is 262 g/mol. The molecule has 0 aliphatic heterocycles. The molecule has 0 spiro atoms. The maximum absolute atomic E-state index is 11.3. The van der Waals surface area contributed by atoms with E-state index in [1.165, 1.54) is 6.92 Å². The lowest BCUT2D eigenvalue weighted by atomic mass is 10.3. The van der Waals surface area contributed by atoms with Gasteiger partial charge in [0.1, 0.15) is 0 Å². The molecular weight excluding hydrogens is 253 g/mol. The highest BCUT2D eigenvalue weighted by Gasteiger charge is 2.08. The lowest BCUT2D eigenvalue weighted by molar-refractivity contribution is -0.144. The molecule has 0 saturated heterocycles. The van der Waals surface area contributed by atoms with Crippen LogP contribution in [-0.4, -0.2) is 18.5 Å². The molecule has 0 unspecified atom stereocenters. The van der Waals surface area contributed by atoms with Gasteiger partial charge >= 0.3 is 5.97 Å². The van der Waals surface area contributed by atoms with Crippen LogP contribution in [0.1, 0.15) is 6.92 Å². The molecule has 0 saturated carbocycles. The first-order valence-corrected chi connectivity index (χ1v) is 5.13. The van der Waals surface area contributed by atoms with Crippen LogP contribution in [0.4, 0.5) is 5.69 Å². The quantitative estimate of drug-likeness (QED) is 0.851. The second-order valence-corrected chi connectivity index (χ2v) is 3.71. The summed E-state index contributed by atoms with van der Waals surface area (Å²) >= 11 is 11.6. The van der Waals surface area contributed by atoms with Crippen LogP contribution in [0.3, 0.4) is 0 Å². The van der Waals surface area contributed by atoms with Crippen LogP contribution in [-0.2, 0) is 14.3 Å². The molecule has 0 aliphatic rings. The summed E-state index contributed by atoms with van der Waals surface area (Å²) in [7, 11) is 0. The van der Waals surface area contributed by atoms with Gasteiger partial charge in [-0.2, -0.15) is 0 Å². The van der Waals surface area contributed by atoms with Crippen molar-refractivity contribution in [2.75, 3.05) is 11.9 Å². The van der Waals surface area contributed by atoms with E-state index in [9.17, 15) is 9.59 Å². The molecule has 1 amide bonds. The van der Waals surface area contributed by atoms with Gasteiger partial charge in [-0.3, -0.25) is 9.59 Å². The van der Waals surface area contributed by atoms with Crippen molar-refractivity contribution in [1.82, 2.24) is 0 Å². The minimum atomic E-state index is -0.521. The highest BCUT2D eigenvalue weighted by atomic mass is 35.5. The molecule has 0 aromatic heterocycles. The van der Waals surface area contributed by atoms with Crippen LogP contribution in [0, 0.1) is 0 Å². The normalized spacial score (nSPS) is 9.69. The first-order chi connectivity index (χ1) is 7.50. The van der Waals surface area contributed by atoms with E-state index in [1.54, 1.807) is 18.2 Å². The van der Waals surface area contributed by atoms with Crippen molar-refractivity contribution in [3.63, 3.8) is 0 Å². The Balaban J connectivity index is 2.63. The largest absolute Gasteiger partial charge is 0.456 e. The third-order valence-corrected chi connectivity index (χ3v) is 2.45. The van der Waals surface area contributed by atoms with Gasteiger partial charge in [0.15, 0.2) is 6.61 Å². The number of esters is 1. The fourth-order valence-corrected chi connectivity index (χ4v) is 1.30. The molecule has 1 aromatic rings. The maximum atomic E-state index is 11.3. The number of nitrogens with one attached hydrogen (secondary N) is 1. The summed E-state index contributed by atoms with van der Waals surface area (Å²) in [4.78, 5) is 21.8. The van der Waals surface area contributed by atoms with Gasteiger partial charge in [-0.05, 0) is 12.1 Å². The maximum Gasteiger partial charge on any atom is 0.303 e. The summed E-state index contributed by atoms with van der Waals surface area (Å²) < 4.78 is 4.52. The zero-order valence-corrected chi connectivity index (χ0v) is 9.93. The Morgan fingerprint density at radius 3 is 2.69 bits per heavy atom. The van der Waals surface area contributed by atoms with Crippen molar-refractivity contribution in [3.8, 4) is 0 Å². The van der Waals surface area contributed by atoms with E-state index in [0.29, 0.717) is 10.7 Å². The molecule has 0 atom stereocenters. The van der Waals surface area contributed by atoms with Crippen LogP contribution in [0.2, 0.25) is 10.0 Å². The van der Waals surface area contributed by atoms with Crippen LogP contribution >= 0.6 is 23.2 Å². The molecule has 0 aliphatic carbocycles. The van der Waals surface area contributed by atoms with Crippen LogP contribution in [0.25, 0.3) is 0 Å². The Kier molecular flexibility index (Phi) is 4.58. The third-order valence-electron chi connectivity index (χ3n) is 1.63. The van der Waals surface area contributed by atoms with E-state index in [4.69, 9.17) is 23.2 Å². The summed E-state index contributed by atoms with van der Waals surface area (Å²) in [6.45, 7) is 0.873. The molecule has 1 rings (SSSR count). The molecule has 86 valence electrons. The van der Waals surface area contributed by atoms with Crippen molar-refractivity contribution in [3.05, 3.63) is 28.2 Å². The fraction of sp³-hybridized carbons (Fsp3) is 0.200. The van der Waals surface area contributed by atoms with Gasteiger partial charge in [0.25, 0.3) is 5.91 Å². The molecule has 6 heteroatoms. The molecule has 16 heavy (non-hydrogen) atoms. The fourth-order valence-electron chi connectivity index (χ4n) is 0.954. The van der Waals surface area contributed by atoms with Crippen LogP contribution in [0.15, 0.2) is 18.2 Å². The Bertz CT molecular complexity index is 421. The lowest BCUT2D eigenvalue weighted by Crippen LogP contribution is -2.19. The molecule has 0 fully saturated rings. The van der Waals surface area contributed by atoms with Gasteiger partial charge in [0, 0.05) is 6.92 Å². The monoisotopic (exact) mass is 261 g/mol. The van der Waals surface area contributed by atoms with E-state index in [2.05, 4.69) is 10.1 Å². The lowest BCUT2D eigenvalue weighted by Gasteiger charge is -2.07. The van der Waals surface area contributed by atoms with Gasteiger partial charge in [0.05, 0.1) is 15.7 Å². The highest BCUT2D eigenvalue weighted by molar-refractivity contribution is 6.43. The Labute approximate surface area is 102 Å². The summed E-state index contributed by atoms with van der Waals surface area (Å²) in [5.74, 6) is -0.994. The highest BCUT2D eigenvalue weighted by Crippen LogP contribution is 2.29. The van der Waals surface area contributed by atoms with Crippen LogP contribution in [0.5, 0.6) is 0 Å². The molecule has 0 bridgehead atoms. The van der Waals surface area contributed by atoms with E-state index >= 15 is 0 Å². The topological polar surface area (TPSA) is 55.4 Å². The number of ether oxygens (including phenoxy) is 1. The number of carbonyl (C=O) groups is 2. The number of hydrogen-bond acceptors (Lipinski definition) is 3. The summed E-state index contributed by atoms with van der Waals surface area (Å²) in [5, 5.41) is 3.06. The van der Waals surface area contributed by atoms with Gasteiger partial charge in [-0.15, -0.1) is 0 Å². The average Bonchev–Trinajstić information content (AvgIpc) is 2.22. The van der Waals surface area contributed by atoms with Gasteiger partial charge in [-0.1, -0.05) is 29.3 Å². The number of anilines is 1. The molecule has 1 aromatic carbocycles. The van der Waals surface area contributed by atoms with E-state index in [-0.39, 0.29) is 11.6 Å². The van der Waals surface area contributed by atoms with E-state index < -0.39 is 11.9 Å². The van der Waals surface area contributed by atoms with Crippen molar-refractivity contribution < 1.29 is 14.3 Å². The molecule has 4 nitrogen and oxygen atoms in total. The van der Waals surface area contributed by atoms with Crippen molar-refractivity contribution in [2.45, 2.75) is 6.92 Å². The Morgan fingerprint density at radius 2 is 2.06 bits per heavy atom. The van der Waals surface area contributed by atoms with Crippen molar-refractivity contribution in [1.29, 1.82) is 0 Å². The Morgan fingerprint density at radius 1 is 1.38 bits per heavy atom. The standard InChI is InChI=1S/C10H9Cl2NO3/c1-6(14)16-5-9(15)13-8-4-2-3-7(11)10(8)12/h2-4H,5H2,1H3,(H,13,15). The summed E-state index contributed by atoms with van der Waals surface area (Å²) in [6.07, 6.45) is 0. The summed E-state index contributed by atoms with van der Waals surface area (Å²) in [5.41, 5.74) is 0.381. The zero-order valence-electron chi connectivity index (χ0n) is 8.42. The number of carbonyl (C=O) groups excluding carboxylic acids is 2. The minimum absolute atomic E-state index is 0.250. The summed E-state index contributed by atoms with van der Waals surface area (Å²) in [6, 6.07) is 4.85. The smallest absolute Gasteiger partial charge is 0.303 e. The SMILES string of the molecule is CC(=O)OCC(=O)Nc1cccc(Cl)c1Cl. The van der Waals surface area contributed by atoms with Gasteiger partial charge in [0.2, 0.25) is 0 Å². The van der Waals surface area contributed by atoms with E-state index in [1.807, 2.05) is 0 Å². The molecular formula is C10H9Cl2NO3.